The van der Waals surface area contributed by atoms with Gasteiger partial charge in [-0.25, -0.2) is 19.2 Å². The molecule has 1 atom stereocenters. The number of anilines is 3. The molecule has 16 heteroatoms. The van der Waals surface area contributed by atoms with E-state index in [1.54, 1.807) is 17.9 Å². The van der Waals surface area contributed by atoms with Crippen LogP contribution in [0.25, 0.3) is 33.2 Å². The van der Waals surface area contributed by atoms with Crippen LogP contribution in [-0.4, -0.2) is 100 Å². The molecule has 322 valence electrons. The first kappa shape index (κ1) is 41.0. The number of piperidine rings is 1. The molecule has 3 aliphatic heterocycles. The Kier molecular flexibility index (Phi) is 10.9. The van der Waals surface area contributed by atoms with Gasteiger partial charge in [0.05, 0.1) is 17.1 Å². The van der Waals surface area contributed by atoms with Crippen molar-refractivity contribution in [1.29, 1.82) is 0 Å². The van der Waals surface area contributed by atoms with Gasteiger partial charge in [-0.05, 0) is 92.3 Å². The molecular formula is C46H52FN11O4. The number of nitrogens with one attached hydrogen (secondary N) is 3. The van der Waals surface area contributed by atoms with E-state index in [0.717, 1.165) is 97.6 Å². The number of piperazine rings is 1. The number of H-pyrrole nitrogens is 1. The van der Waals surface area contributed by atoms with Crippen LogP contribution in [-0.2, 0) is 10.2 Å². The van der Waals surface area contributed by atoms with Gasteiger partial charge in [0.1, 0.15) is 17.8 Å². The molecule has 1 unspecified atom stereocenters. The highest BCUT2D eigenvalue weighted by molar-refractivity contribution is 6.12. The van der Waals surface area contributed by atoms with Gasteiger partial charge in [-0.2, -0.15) is 4.98 Å². The number of aromatic amines is 1. The molecule has 6 heterocycles. The van der Waals surface area contributed by atoms with Crippen LogP contribution in [0.3, 0.4) is 0 Å². The molecule has 3 aliphatic rings. The zero-order chi connectivity index (χ0) is 43.3. The van der Waals surface area contributed by atoms with Crippen LogP contribution in [0, 0.1) is 18.7 Å². The summed E-state index contributed by atoms with van der Waals surface area (Å²) in [6, 6.07) is 16.8. The number of aromatic nitrogens is 5. The van der Waals surface area contributed by atoms with Gasteiger partial charge < -0.3 is 24.6 Å². The fraction of sp³-hybridized carbons (Fsp3) is 0.413. The molecular weight excluding hydrogens is 790 g/mol. The average molecular weight is 842 g/mol. The van der Waals surface area contributed by atoms with Gasteiger partial charge in [-0.15, -0.1) is 0 Å². The summed E-state index contributed by atoms with van der Waals surface area (Å²) < 4.78 is 21.3. The second-order valence-electron chi connectivity index (χ2n) is 17.8. The van der Waals surface area contributed by atoms with Gasteiger partial charge in [0.25, 0.3) is 0 Å². The maximum Gasteiger partial charge on any atom is 0.328 e. The van der Waals surface area contributed by atoms with Gasteiger partial charge in [0.15, 0.2) is 5.82 Å². The van der Waals surface area contributed by atoms with Gasteiger partial charge in [-0.1, -0.05) is 32.0 Å². The summed E-state index contributed by atoms with van der Waals surface area (Å²) in [6.45, 7) is 16.8. The fourth-order valence-electron chi connectivity index (χ4n) is 9.00. The number of amides is 4. The van der Waals surface area contributed by atoms with E-state index < -0.39 is 17.8 Å². The lowest BCUT2D eigenvalue weighted by Gasteiger charge is -2.40. The van der Waals surface area contributed by atoms with Crippen LogP contribution in [0.1, 0.15) is 80.6 Å². The summed E-state index contributed by atoms with van der Waals surface area (Å²) in [5.41, 5.74) is 6.54. The first-order valence-corrected chi connectivity index (χ1v) is 21.4. The van der Waals surface area contributed by atoms with Crippen molar-refractivity contribution in [2.75, 3.05) is 67.1 Å². The highest BCUT2D eigenvalue weighted by Gasteiger charge is 2.29. The Morgan fingerprint density at radius 3 is 2.34 bits per heavy atom. The van der Waals surface area contributed by atoms with Gasteiger partial charge in [0.2, 0.25) is 5.91 Å². The second kappa shape index (κ2) is 16.5. The Bertz CT molecular complexity index is 2660. The van der Waals surface area contributed by atoms with Gasteiger partial charge in [-0.3, -0.25) is 24.7 Å². The lowest BCUT2D eigenvalue weighted by Crippen LogP contribution is -2.49. The van der Waals surface area contributed by atoms with Crippen molar-refractivity contribution in [1.82, 2.24) is 40.6 Å². The molecule has 0 bridgehead atoms. The molecule has 0 radical (unpaired) electrons. The molecule has 9 rings (SSSR count). The quantitative estimate of drug-likeness (QED) is 0.139. The molecule has 3 N–H and O–H groups in total. The Hall–Kier alpha value is -6.42. The third kappa shape index (κ3) is 8.18. The van der Waals surface area contributed by atoms with Crippen molar-refractivity contribution in [2.24, 2.45) is 5.92 Å². The van der Waals surface area contributed by atoms with E-state index in [4.69, 9.17) is 4.52 Å². The van der Waals surface area contributed by atoms with Crippen molar-refractivity contribution >= 4 is 56.8 Å². The number of fused-ring (bicyclic) bond motifs is 3. The summed E-state index contributed by atoms with van der Waals surface area (Å²) in [6.07, 6.45) is 4.03. The number of aryl methyl sites for hydroxylation is 1. The van der Waals surface area contributed by atoms with Gasteiger partial charge >= 0.3 is 17.8 Å². The molecule has 0 saturated carbocycles. The predicted octanol–water partition coefficient (Wildman–Crippen LogP) is 6.88. The molecule has 3 aromatic carbocycles. The summed E-state index contributed by atoms with van der Waals surface area (Å²) in [5, 5.41) is 10.9. The van der Waals surface area contributed by atoms with Crippen LogP contribution in [0.5, 0.6) is 0 Å². The average Bonchev–Trinajstić information content (AvgIpc) is 3.92. The zero-order valence-electron chi connectivity index (χ0n) is 35.8. The lowest BCUT2D eigenvalue weighted by molar-refractivity contribution is -0.120. The largest absolute Gasteiger partial charge is 0.372 e. The minimum absolute atomic E-state index is 0.136. The minimum Gasteiger partial charge on any atom is -0.372 e. The van der Waals surface area contributed by atoms with Crippen molar-refractivity contribution < 1.29 is 23.3 Å². The topological polar surface area (TPSA) is 169 Å². The molecule has 15 nitrogen and oxygen atoms in total. The number of halogens is 1. The maximum atomic E-state index is 16.1. The third-order valence-electron chi connectivity index (χ3n) is 12.5. The van der Waals surface area contributed by atoms with Crippen LogP contribution < -0.4 is 25.3 Å². The van der Waals surface area contributed by atoms with Crippen LogP contribution in [0.4, 0.5) is 26.2 Å². The van der Waals surface area contributed by atoms with E-state index in [9.17, 15) is 14.4 Å². The van der Waals surface area contributed by atoms with E-state index in [-0.39, 0.29) is 23.2 Å². The third-order valence-corrected chi connectivity index (χ3v) is 12.5. The first-order valence-electron chi connectivity index (χ1n) is 21.4. The Labute approximate surface area is 359 Å². The number of hydrogen-bond donors (Lipinski definition) is 3. The summed E-state index contributed by atoms with van der Waals surface area (Å²) in [4.78, 5) is 62.7. The molecule has 3 saturated heterocycles. The number of urea groups is 1. The number of carbonyl (C=O) groups is 3. The Morgan fingerprint density at radius 2 is 1.63 bits per heavy atom. The van der Waals surface area contributed by atoms with Crippen molar-refractivity contribution in [2.45, 2.75) is 65.3 Å². The maximum absolute atomic E-state index is 16.1. The monoisotopic (exact) mass is 841 g/mol. The number of carbonyl (C=O) groups excluding carboxylic acids is 3. The molecule has 62 heavy (non-hydrogen) atoms. The normalized spacial score (nSPS) is 17.5. The SMILES string of the molecule is Cc1cc(-c2ncnc3[nH]c4cc(N5CCN(CC6CCN(c7ccc(N8CCC(=O)NC8=O)cc7)CC6)CC5)ccc4c23)c(F)cc1C(C)NC(=O)c1nc(C(C)(C)C)no1. The van der Waals surface area contributed by atoms with Crippen molar-refractivity contribution in [3.8, 4) is 11.3 Å². The van der Waals surface area contributed by atoms with Crippen LogP contribution in [0.2, 0.25) is 0 Å². The van der Waals surface area contributed by atoms with Crippen LogP contribution in [0.15, 0.2) is 65.4 Å². The number of rotatable bonds is 9. The Balaban J connectivity index is 0.813. The first-order chi connectivity index (χ1) is 29.8. The summed E-state index contributed by atoms with van der Waals surface area (Å²) >= 11 is 0. The molecule has 3 aromatic heterocycles. The second-order valence-corrected chi connectivity index (χ2v) is 17.8. The molecule has 0 aliphatic carbocycles. The zero-order valence-corrected chi connectivity index (χ0v) is 35.8. The highest BCUT2D eigenvalue weighted by atomic mass is 19.1. The molecule has 4 amide bonds. The number of benzene rings is 3. The molecule has 3 fully saturated rings. The van der Waals surface area contributed by atoms with E-state index in [1.807, 2.05) is 39.8 Å². The van der Waals surface area contributed by atoms with E-state index in [1.165, 1.54) is 12.4 Å². The van der Waals surface area contributed by atoms with Crippen molar-refractivity contribution in [3.05, 3.63) is 89.6 Å². The number of nitrogens with zero attached hydrogens (tertiary/aromatic N) is 8. The minimum atomic E-state index is -0.529. The highest BCUT2D eigenvalue weighted by Crippen LogP contribution is 2.37. The van der Waals surface area contributed by atoms with Crippen molar-refractivity contribution in [3.63, 3.8) is 0 Å². The number of imide groups is 1. The smallest absolute Gasteiger partial charge is 0.328 e. The molecule has 6 aromatic rings. The van der Waals surface area contributed by atoms with E-state index in [2.05, 4.69) is 80.8 Å². The summed E-state index contributed by atoms with van der Waals surface area (Å²) in [7, 11) is 0. The lowest BCUT2D eigenvalue weighted by atomic mass is 9.95. The van der Waals surface area contributed by atoms with E-state index in [0.29, 0.717) is 47.2 Å². The van der Waals surface area contributed by atoms with Crippen LogP contribution >= 0.6 is 0 Å². The fourth-order valence-corrected chi connectivity index (χ4v) is 9.00. The van der Waals surface area contributed by atoms with E-state index >= 15 is 4.39 Å². The molecule has 0 spiro atoms. The van der Waals surface area contributed by atoms with Gasteiger partial charge in [0, 0.05) is 97.7 Å². The summed E-state index contributed by atoms with van der Waals surface area (Å²) in [5.74, 6) is -0.268. The predicted molar refractivity (Wildman–Crippen MR) is 236 cm³/mol. The standard InChI is InChI=1S/C46H52FN11O4/c1-27-22-35(36(47)24-34(27)28(2)50-42(60)43-53-44(54-62-43)46(3,4)5)40-39-33-11-10-32(23-37(33)51-41(39)49-26-48-40)57-20-18-55(19-21-57)25-29-12-15-56(16-13-29)30-6-8-31(9-7-30)58-17-14-38(59)52-45(58)61/h6-11,22-24,26,28-29H,12-21,25H2,1-5H3,(H,50,60)(H,48,49,51)(H,52,59,61). The Morgan fingerprint density at radius 1 is 0.919 bits per heavy atom. The number of hydrogen-bond acceptors (Lipinski definition) is 11.